The first-order chi connectivity index (χ1) is 7.90. The second kappa shape index (κ2) is 5.52. The molecule has 1 unspecified atom stereocenters. The lowest BCUT2D eigenvalue weighted by molar-refractivity contribution is 0.181. The van der Waals surface area contributed by atoms with Gasteiger partial charge in [0, 0.05) is 12.1 Å². The van der Waals surface area contributed by atoms with Gasteiger partial charge in [-0.1, -0.05) is 39.8 Å². The third-order valence-electron chi connectivity index (χ3n) is 3.08. The molecule has 3 nitrogen and oxygen atoms in total. The van der Waals surface area contributed by atoms with E-state index in [1.54, 1.807) is 0 Å². The average Bonchev–Trinajstić information content (AvgIpc) is 2.26. The molecular weight excluding hydrogens is 214 g/mol. The van der Waals surface area contributed by atoms with E-state index in [0.29, 0.717) is 5.56 Å². The van der Waals surface area contributed by atoms with Crippen molar-refractivity contribution in [2.45, 2.75) is 45.6 Å². The van der Waals surface area contributed by atoms with Crippen LogP contribution in [0, 0.1) is 0 Å². The minimum Gasteiger partial charge on any atom is -0.507 e. The van der Waals surface area contributed by atoms with Crippen LogP contribution in [-0.2, 0) is 0 Å². The summed E-state index contributed by atoms with van der Waals surface area (Å²) >= 11 is 0. The first-order valence-corrected chi connectivity index (χ1v) is 6.13. The van der Waals surface area contributed by atoms with Crippen LogP contribution < -0.4 is 5.73 Å². The monoisotopic (exact) mass is 237 g/mol. The maximum absolute atomic E-state index is 10.3. The first kappa shape index (κ1) is 14.0. The van der Waals surface area contributed by atoms with Gasteiger partial charge >= 0.3 is 0 Å². The molecule has 3 heteroatoms. The molecule has 1 aromatic rings. The summed E-state index contributed by atoms with van der Waals surface area (Å²) in [5.41, 5.74) is 7.92. The molecule has 96 valence electrons. The Kier molecular flexibility index (Phi) is 4.54. The highest BCUT2D eigenvalue weighted by atomic mass is 16.3. The smallest absolute Gasteiger partial charge is 0.125 e. The Morgan fingerprint density at radius 1 is 1.06 bits per heavy atom. The quantitative estimate of drug-likeness (QED) is 0.754. The van der Waals surface area contributed by atoms with Gasteiger partial charge in [-0.3, -0.25) is 0 Å². The maximum Gasteiger partial charge on any atom is 0.125 e. The summed E-state index contributed by atoms with van der Waals surface area (Å²) in [6, 6.07) is 3.91. The zero-order chi connectivity index (χ0) is 13.2. The number of benzene rings is 1. The number of rotatable bonds is 4. The van der Waals surface area contributed by atoms with Gasteiger partial charge in [0.1, 0.15) is 5.75 Å². The zero-order valence-corrected chi connectivity index (χ0v) is 11.1. The highest BCUT2D eigenvalue weighted by Crippen LogP contribution is 2.37. The van der Waals surface area contributed by atoms with Gasteiger partial charge in [-0.05, 0) is 23.0 Å². The fourth-order valence-electron chi connectivity index (χ4n) is 2.08. The number of hydrogen-bond donors (Lipinski definition) is 3. The molecule has 0 fully saturated rings. The molecule has 0 saturated heterocycles. The van der Waals surface area contributed by atoms with Crippen molar-refractivity contribution in [1.82, 2.24) is 0 Å². The molecule has 1 aromatic carbocycles. The lowest BCUT2D eigenvalue weighted by atomic mass is 9.88. The van der Waals surface area contributed by atoms with Crippen molar-refractivity contribution in [2.24, 2.45) is 5.73 Å². The van der Waals surface area contributed by atoms with Gasteiger partial charge < -0.3 is 15.9 Å². The third-order valence-corrected chi connectivity index (χ3v) is 3.08. The SMILES string of the molecule is CC(C)c1ccc(C(C)C)c(C(O)CN)c1O. The summed E-state index contributed by atoms with van der Waals surface area (Å²) in [4.78, 5) is 0. The zero-order valence-electron chi connectivity index (χ0n) is 11.1. The van der Waals surface area contributed by atoms with Crippen molar-refractivity contribution >= 4 is 0 Å². The third kappa shape index (κ3) is 2.79. The molecule has 1 rings (SSSR count). The largest absolute Gasteiger partial charge is 0.507 e. The van der Waals surface area contributed by atoms with E-state index in [-0.39, 0.29) is 24.1 Å². The van der Waals surface area contributed by atoms with Crippen LogP contribution in [0.1, 0.15) is 62.3 Å². The Bertz CT molecular complexity index is 386. The predicted octanol–water partition coefficient (Wildman–Crippen LogP) is 2.63. The van der Waals surface area contributed by atoms with E-state index < -0.39 is 6.10 Å². The Morgan fingerprint density at radius 3 is 1.94 bits per heavy atom. The molecule has 0 aromatic heterocycles. The molecule has 0 radical (unpaired) electrons. The predicted molar refractivity (Wildman–Crippen MR) is 70.3 cm³/mol. The molecule has 1 atom stereocenters. The minimum absolute atomic E-state index is 0.120. The summed E-state index contributed by atoms with van der Waals surface area (Å²) in [5.74, 6) is 0.669. The summed E-state index contributed by atoms with van der Waals surface area (Å²) in [7, 11) is 0. The number of nitrogens with two attached hydrogens (primary N) is 1. The summed E-state index contributed by atoms with van der Waals surface area (Å²) < 4.78 is 0. The Balaban J connectivity index is 3.42. The lowest BCUT2D eigenvalue weighted by Crippen LogP contribution is -2.15. The molecule has 4 N–H and O–H groups in total. The molecular formula is C14H23NO2. The number of aromatic hydroxyl groups is 1. The van der Waals surface area contributed by atoms with Gasteiger partial charge in [-0.2, -0.15) is 0 Å². The fraction of sp³-hybridized carbons (Fsp3) is 0.571. The minimum atomic E-state index is -0.800. The molecule has 0 spiro atoms. The van der Waals surface area contributed by atoms with Gasteiger partial charge in [-0.25, -0.2) is 0 Å². The van der Waals surface area contributed by atoms with Crippen LogP contribution in [0.3, 0.4) is 0 Å². The van der Waals surface area contributed by atoms with Crippen LogP contribution in [0.25, 0.3) is 0 Å². The van der Waals surface area contributed by atoms with Gasteiger partial charge in [0.25, 0.3) is 0 Å². The number of phenols is 1. The van der Waals surface area contributed by atoms with Crippen LogP contribution in [-0.4, -0.2) is 16.8 Å². The van der Waals surface area contributed by atoms with Crippen molar-refractivity contribution in [3.63, 3.8) is 0 Å². The molecule has 0 saturated carbocycles. The van der Waals surface area contributed by atoms with E-state index in [1.165, 1.54) is 0 Å². The average molecular weight is 237 g/mol. The number of phenolic OH excluding ortho intramolecular Hbond substituents is 1. The number of hydrogen-bond acceptors (Lipinski definition) is 3. The lowest BCUT2D eigenvalue weighted by Gasteiger charge is -2.21. The standard InChI is InChI=1S/C14H23NO2/c1-8(2)10-5-6-11(9(3)4)14(17)13(10)12(16)7-15/h5-6,8-9,12,16-17H,7,15H2,1-4H3. The van der Waals surface area contributed by atoms with Crippen LogP contribution >= 0.6 is 0 Å². The number of aliphatic hydroxyl groups excluding tert-OH is 1. The second-order valence-corrected chi connectivity index (χ2v) is 5.07. The van der Waals surface area contributed by atoms with Crippen molar-refractivity contribution in [3.05, 3.63) is 28.8 Å². The van der Waals surface area contributed by atoms with E-state index in [0.717, 1.165) is 11.1 Å². The van der Waals surface area contributed by atoms with Gasteiger partial charge in [0.15, 0.2) is 0 Å². The van der Waals surface area contributed by atoms with Crippen LogP contribution in [0.4, 0.5) is 0 Å². The van der Waals surface area contributed by atoms with Crippen molar-refractivity contribution in [2.75, 3.05) is 6.54 Å². The fourth-order valence-corrected chi connectivity index (χ4v) is 2.08. The molecule has 0 heterocycles. The second-order valence-electron chi connectivity index (χ2n) is 5.07. The molecule has 0 aliphatic rings. The molecule has 0 amide bonds. The summed E-state index contributed by atoms with van der Waals surface area (Å²) in [6.07, 6.45) is -0.800. The van der Waals surface area contributed by atoms with Crippen molar-refractivity contribution < 1.29 is 10.2 Å². The Morgan fingerprint density at radius 2 is 1.53 bits per heavy atom. The summed E-state index contributed by atoms with van der Waals surface area (Å²) in [6.45, 7) is 8.23. The van der Waals surface area contributed by atoms with Crippen molar-refractivity contribution in [3.8, 4) is 5.75 Å². The van der Waals surface area contributed by atoms with E-state index in [2.05, 4.69) is 0 Å². The van der Waals surface area contributed by atoms with Gasteiger partial charge in [0.05, 0.1) is 6.10 Å². The maximum atomic E-state index is 10.3. The van der Waals surface area contributed by atoms with Crippen LogP contribution in [0.2, 0.25) is 0 Å². The first-order valence-electron chi connectivity index (χ1n) is 6.13. The Hall–Kier alpha value is -1.06. The molecule has 0 aliphatic carbocycles. The van der Waals surface area contributed by atoms with Gasteiger partial charge in [-0.15, -0.1) is 0 Å². The Labute approximate surface area is 103 Å². The molecule has 0 aliphatic heterocycles. The number of aliphatic hydroxyl groups is 1. The van der Waals surface area contributed by atoms with E-state index in [1.807, 2.05) is 39.8 Å². The normalized spacial score (nSPS) is 13.4. The van der Waals surface area contributed by atoms with Gasteiger partial charge in [0.2, 0.25) is 0 Å². The topological polar surface area (TPSA) is 66.5 Å². The highest BCUT2D eigenvalue weighted by Gasteiger charge is 2.21. The molecule has 0 bridgehead atoms. The van der Waals surface area contributed by atoms with Crippen molar-refractivity contribution in [1.29, 1.82) is 0 Å². The summed E-state index contributed by atoms with van der Waals surface area (Å²) in [5, 5.41) is 20.2. The van der Waals surface area contributed by atoms with E-state index >= 15 is 0 Å². The highest BCUT2D eigenvalue weighted by molar-refractivity contribution is 5.49. The van der Waals surface area contributed by atoms with E-state index in [9.17, 15) is 10.2 Å². The van der Waals surface area contributed by atoms with Crippen LogP contribution in [0.15, 0.2) is 12.1 Å². The van der Waals surface area contributed by atoms with Crippen LogP contribution in [0.5, 0.6) is 5.75 Å². The molecule has 17 heavy (non-hydrogen) atoms. The van der Waals surface area contributed by atoms with E-state index in [4.69, 9.17) is 5.73 Å².